The van der Waals surface area contributed by atoms with Gasteiger partial charge >= 0.3 is 0 Å². The second kappa shape index (κ2) is 18.9. The number of aromatic nitrogens is 2. The van der Waals surface area contributed by atoms with Crippen molar-refractivity contribution >= 4 is 40.4 Å². The molecule has 3 N–H and O–H groups in total. The minimum atomic E-state index is -1.45. The number of amides is 5. The van der Waals surface area contributed by atoms with Crippen molar-refractivity contribution in [2.75, 3.05) is 33.9 Å². The van der Waals surface area contributed by atoms with Crippen LogP contribution in [0.25, 0.3) is 10.9 Å². The minimum absolute atomic E-state index is 0.0184. The molecule has 0 spiro atoms. The van der Waals surface area contributed by atoms with E-state index in [1.165, 1.54) is 25.1 Å². The molecule has 0 unspecified atom stereocenters. The summed E-state index contributed by atoms with van der Waals surface area (Å²) in [5.41, 5.74) is 1.08. The number of hydrogen-bond acceptors (Lipinski definition) is 10. The van der Waals surface area contributed by atoms with E-state index in [0.29, 0.717) is 31.6 Å². The lowest BCUT2D eigenvalue weighted by Crippen LogP contribution is -2.59. The van der Waals surface area contributed by atoms with Crippen LogP contribution in [0.3, 0.4) is 0 Å². The quantitative estimate of drug-likeness (QED) is 0.226. The number of halogens is 1. The van der Waals surface area contributed by atoms with E-state index in [9.17, 15) is 28.4 Å². The first-order valence-corrected chi connectivity index (χ1v) is 19.6. The lowest BCUT2D eigenvalue weighted by Gasteiger charge is -2.40. The Morgan fingerprint density at radius 2 is 1.86 bits per heavy atom. The van der Waals surface area contributed by atoms with Crippen LogP contribution in [0.4, 0.5) is 4.39 Å². The summed E-state index contributed by atoms with van der Waals surface area (Å²) in [5.74, 6) is -2.82. The van der Waals surface area contributed by atoms with E-state index in [-0.39, 0.29) is 71.8 Å². The number of rotatable bonds is 9. The first kappa shape index (κ1) is 41.6. The highest BCUT2D eigenvalue weighted by Crippen LogP contribution is 2.29. The van der Waals surface area contributed by atoms with Crippen LogP contribution in [-0.2, 0) is 32.0 Å². The Kier molecular flexibility index (Phi) is 13.6. The molecule has 0 saturated carbocycles. The fraction of sp³-hybridized carbons (Fsp3) is 0.452. The molecule has 58 heavy (non-hydrogen) atoms. The van der Waals surface area contributed by atoms with Gasteiger partial charge in [-0.05, 0) is 66.9 Å². The van der Waals surface area contributed by atoms with Gasteiger partial charge in [-0.15, -0.1) is 0 Å². The lowest BCUT2D eigenvalue weighted by molar-refractivity contribution is -0.151. The Labute approximate surface area is 336 Å². The standard InChI is InChI=1S/C42H50FN7O8/c1-25(2)18-34-42(55)50-17-9-8-12-33(50)40(53)46-28(19-26-10-6-5-7-11-26)24-57-35-14-13-31-30(20-27(43)23-45-31)38(35)41(54)47-32(22-37(51)49(34)3)39(52)44-16-15-29-21-36(56-4)48-58-29/h5-7,10-11,13-14,20-21,23,25,28,32-34H,8-9,12,15-19,22,24H2,1-4H3,(H,44,52)(H,46,53)(H,47,54)/t28-,32+,33-,34+/m1/s1. The first-order chi connectivity index (χ1) is 27.9. The number of pyridine rings is 1. The number of likely N-dealkylation sites (N-methyl/N-ethyl adjacent to an activating group) is 1. The van der Waals surface area contributed by atoms with Crippen LogP contribution in [0, 0.1) is 11.7 Å². The number of ether oxygens (including phenoxy) is 2. The Balaban J connectivity index is 1.40. The smallest absolute Gasteiger partial charge is 0.256 e. The predicted octanol–water partition coefficient (Wildman–Crippen LogP) is 3.59. The Hall–Kier alpha value is -6.06. The molecule has 4 atom stereocenters. The summed E-state index contributed by atoms with van der Waals surface area (Å²) in [5, 5.41) is 12.5. The van der Waals surface area contributed by atoms with E-state index in [0.717, 1.165) is 24.2 Å². The Bertz CT molecular complexity index is 2110. The van der Waals surface area contributed by atoms with E-state index in [4.69, 9.17) is 14.0 Å². The SMILES string of the molecule is COc1cc(CCNC(=O)[C@@H]2CC(=O)N(C)[C@@H](CC(C)C)C(=O)N3CCCC[C@@H]3C(=O)N[C@H](Cc3ccccc3)COc3ccc4ncc(F)cc4c3C(=O)N2)on1. The molecule has 2 aromatic heterocycles. The first-order valence-electron chi connectivity index (χ1n) is 19.6. The summed E-state index contributed by atoms with van der Waals surface area (Å²) in [6.45, 7) is 4.14. The van der Waals surface area contributed by atoms with Gasteiger partial charge in [-0.2, -0.15) is 0 Å². The van der Waals surface area contributed by atoms with Crippen molar-refractivity contribution in [3.63, 3.8) is 0 Å². The zero-order chi connectivity index (χ0) is 41.3. The minimum Gasteiger partial charge on any atom is -0.491 e. The van der Waals surface area contributed by atoms with Gasteiger partial charge in [0.05, 0.1) is 36.8 Å². The van der Waals surface area contributed by atoms with Crippen LogP contribution in [0.5, 0.6) is 11.6 Å². The van der Waals surface area contributed by atoms with Crippen molar-refractivity contribution in [2.24, 2.45) is 5.92 Å². The van der Waals surface area contributed by atoms with Crippen LogP contribution in [0.1, 0.15) is 67.6 Å². The van der Waals surface area contributed by atoms with Crippen molar-refractivity contribution in [3.8, 4) is 11.6 Å². The van der Waals surface area contributed by atoms with Crippen LogP contribution in [-0.4, -0.2) is 107 Å². The van der Waals surface area contributed by atoms with Gasteiger partial charge in [0.25, 0.3) is 11.8 Å². The van der Waals surface area contributed by atoms with E-state index in [1.807, 2.05) is 44.2 Å². The van der Waals surface area contributed by atoms with Crippen molar-refractivity contribution in [2.45, 2.75) is 83.0 Å². The van der Waals surface area contributed by atoms with E-state index in [1.54, 1.807) is 17.0 Å². The second-order valence-electron chi connectivity index (χ2n) is 15.2. The maximum atomic E-state index is 14.8. The molecule has 0 bridgehead atoms. The fourth-order valence-electron chi connectivity index (χ4n) is 7.45. The number of nitrogens with one attached hydrogen (secondary N) is 3. The molecule has 0 aliphatic carbocycles. The van der Waals surface area contributed by atoms with Gasteiger partial charge in [-0.3, -0.25) is 29.0 Å². The highest BCUT2D eigenvalue weighted by molar-refractivity contribution is 6.10. The molecular formula is C42H50FN7O8. The molecule has 6 rings (SSSR count). The third-order valence-corrected chi connectivity index (χ3v) is 10.5. The normalized spacial score (nSPS) is 21.1. The molecule has 1 fully saturated rings. The Morgan fingerprint density at radius 3 is 2.60 bits per heavy atom. The van der Waals surface area contributed by atoms with Crippen molar-refractivity contribution in [1.29, 1.82) is 0 Å². The van der Waals surface area contributed by atoms with Crippen LogP contribution in [0.15, 0.2) is 65.3 Å². The van der Waals surface area contributed by atoms with Gasteiger partial charge in [-0.1, -0.05) is 44.2 Å². The van der Waals surface area contributed by atoms with Crippen LogP contribution < -0.4 is 25.4 Å². The summed E-state index contributed by atoms with van der Waals surface area (Å²) in [7, 11) is 2.94. The molecule has 2 aliphatic heterocycles. The van der Waals surface area contributed by atoms with Gasteiger partial charge in [0.1, 0.15) is 42.1 Å². The zero-order valence-electron chi connectivity index (χ0n) is 33.2. The van der Waals surface area contributed by atoms with Gasteiger partial charge < -0.3 is 39.7 Å². The molecule has 4 heterocycles. The third kappa shape index (κ3) is 10.1. The summed E-state index contributed by atoms with van der Waals surface area (Å²) in [6.07, 6.45) is 3.21. The monoisotopic (exact) mass is 799 g/mol. The molecule has 16 heteroatoms. The lowest BCUT2D eigenvalue weighted by atomic mass is 9.96. The number of carbonyl (C=O) groups excluding carboxylic acids is 5. The highest BCUT2D eigenvalue weighted by atomic mass is 19.1. The van der Waals surface area contributed by atoms with E-state index < -0.39 is 54.1 Å². The summed E-state index contributed by atoms with van der Waals surface area (Å²) in [4.78, 5) is 78.4. The summed E-state index contributed by atoms with van der Waals surface area (Å²) in [6, 6.07) is 11.5. The Morgan fingerprint density at radius 1 is 1.07 bits per heavy atom. The van der Waals surface area contributed by atoms with Crippen LogP contribution in [0.2, 0.25) is 0 Å². The predicted molar refractivity (Wildman–Crippen MR) is 210 cm³/mol. The molecule has 2 aliphatic rings. The number of nitrogens with zero attached hydrogens (tertiary/aromatic N) is 4. The maximum absolute atomic E-state index is 14.8. The fourth-order valence-corrected chi connectivity index (χ4v) is 7.45. The average molecular weight is 800 g/mol. The average Bonchev–Trinajstić information content (AvgIpc) is 3.68. The van der Waals surface area contributed by atoms with Gasteiger partial charge in [-0.25, -0.2) is 4.39 Å². The maximum Gasteiger partial charge on any atom is 0.256 e. The molecule has 5 amide bonds. The van der Waals surface area contributed by atoms with E-state index >= 15 is 0 Å². The topological polar surface area (TPSA) is 185 Å². The van der Waals surface area contributed by atoms with Crippen molar-refractivity contribution in [3.05, 3.63) is 83.5 Å². The number of fused-ring (bicyclic) bond motifs is 4. The molecule has 4 aromatic rings. The largest absolute Gasteiger partial charge is 0.491 e. The van der Waals surface area contributed by atoms with Crippen molar-refractivity contribution in [1.82, 2.24) is 35.9 Å². The zero-order valence-corrected chi connectivity index (χ0v) is 33.2. The van der Waals surface area contributed by atoms with Crippen LogP contribution >= 0.6 is 0 Å². The molecule has 0 radical (unpaired) electrons. The molecule has 308 valence electrons. The number of carbonyl (C=O) groups is 5. The van der Waals surface area contributed by atoms with Crippen molar-refractivity contribution < 1.29 is 42.4 Å². The molecule has 15 nitrogen and oxygen atoms in total. The molecule has 2 aromatic carbocycles. The molecular weight excluding hydrogens is 750 g/mol. The van der Waals surface area contributed by atoms with Gasteiger partial charge in [0, 0.05) is 38.0 Å². The second-order valence-corrected chi connectivity index (χ2v) is 15.2. The molecule has 1 saturated heterocycles. The van der Waals surface area contributed by atoms with E-state index in [2.05, 4.69) is 26.1 Å². The third-order valence-electron chi connectivity index (χ3n) is 10.5. The summed E-state index contributed by atoms with van der Waals surface area (Å²) >= 11 is 0. The number of hydrogen-bond donors (Lipinski definition) is 3. The van der Waals surface area contributed by atoms with Gasteiger partial charge in [0.15, 0.2) is 0 Å². The number of piperidine rings is 1. The van der Waals surface area contributed by atoms with Gasteiger partial charge in [0.2, 0.25) is 23.6 Å². The highest BCUT2D eigenvalue weighted by Gasteiger charge is 2.40. The number of methoxy groups -OCH3 is 1. The summed E-state index contributed by atoms with van der Waals surface area (Å²) < 4.78 is 31.4. The number of benzene rings is 2.